The molecule has 0 saturated carbocycles. The number of nitrogens with zero attached hydrogens (tertiary/aromatic N) is 3. The normalized spacial score (nSPS) is 17.9. The Hall–Kier alpha value is -2.34. The highest BCUT2D eigenvalue weighted by molar-refractivity contribution is 5.69. The van der Waals surface area contributed by atoms with Crippen LogP contribution in [0.4, 0.5) is 13.2 Å². The van der Waals surface area contributed by atoms with Crippen LogP contribution >= 0.6 is 0 Å². The van der Waals surface area contributed by atoms with Crippen LogP contribution in [0.15, 0.2) is 43.1 Å². The molecule has 0 unspecified atom stereocenters. The molecule has 1 aromatic heterocycles. The van der Waals surface area contributed by atoms with E-state index in [4.69, 9.17) is 0 Å². The number of pyridine rings is 1. The average molecular weight is 472 g/mol. The minimum absolute atomic E-state index is 0.0979. The van der Waals surface area contributed by atoms with E-state index in [0.717, 1.165) is 87.2 Å². The molecule has 2 aliphatic heterocycles. The van der Waals surface area contributed by atoms with E-state index >= 15 is 0 Å². The van der Waals surface area contributed by atoms with Crippen LogP contribution in [0.2, 0.25) is 0 Å². The molecule has 0 atom stereocenters. The second kappa shape index (κ2) is 10.9. The second-order valence-electron chi connectivity index (χ2n) is 9.84. The Bertz CT molecular complexity index is 959. The summed E-state index contributed by atoms with van der Waals surface area (Å²) in [4.78, 5) is 8.66. The first kappa shape index (κ1) is 24.8. The van der Waals surface area contributed by atoms with Crippen LogP contribution in [0, 0.1) is 11.7 Å². The van der Waals surface area contributed by atoms with Gasteiger partial charge in [-0.1, -0.05) is 25.6 Å². The fourth-order valence-corrected chi connectivity index (χ4v) is 5.05. The molecule has 0 radical (unpaired) electrons. The zero-order chi connectivity index (χ0) is 24.1. The van der Waals surface area contributed by atoms with E-state index in [2.05, 4.69) is 16.5 Å². The van der Waals surface area contributed by atoms with Crippen molar-refractivity contribution in [3.05, 3.63) is 60.2 Å². The molecule has 0 bridgehead atoms. The molecule has 3 heterocycles. The molecule has 6 heteroatoms. The number of piperidine rings is 1. The molecule has 34 heavy (non-hydrogen) atoms. The maximum Gasteiger partial charge on any atom is 0.260 e. The van der Waals surface area contributed by atoms with Gasteiger partial charge in [0, 0.05) is 48.2 Å². The molecule has 2 aliphatic rings. The summed E-state index contributed by atoms with van der Waals surface area (Å²) in [5.74, 6) is -2.27. The van der Waals surface area contributed by atoms with Crippen molar-refractivity contribution >= 4 is 5.70 Å². The van der Waals surface area contributed by atoms with E-state index in [1.165, 1.54) is 0 Å². The number of halogens is 3. The Morgan fingerprint density at radius 3 is 2.38 bits per heavy atom. The van der Waals surface area contributed by atoms with Gasteiger partial charge in [0.25, 0.3) is 5.92 Å². The summed E-state index contributed by atoms with van der Waals surface area (Å²) in [5.41, 5.74) is 4.06. The third-order valence-electron chi connectivity index (χ3n) is 7.41. The topological polar surface area (TPSA) is 19.4 Å². The number of alkyl halides is 2. The van der Waals surface area contributed by atoms with Gasteiger partial charge in [0.15, 0.2) is 0 Å². The van der Waals surface area contributed by atoms with E-state index in [-0.39, 0.29) is 18.8 Å². The van der Waals surface area contributed by atoms with Gasteiger partial charge in [-0.05, 0) is 81.3 Å². The van der Waals surface area contributed by atoms with Crippen LogP contribution in [0.25, 0.3) is 16.8 Å². The largest absolute Gasteiger partial charge is 0.371 e. The number of aromatic nitrogens is 1. The number of hydrogen-bond acceptors (Lipinski definition) is 3. The van der Waals surface area contributed by atoms with Crippen LogP contribution in [0.3, 0.4) is 0 Å². The predicted octanol–water partition coefficient (Wildman–Crippen LogP) is 6.64. The summed E-state index contributed by atoms with van der Waals surface area (Å²) in [5, 5.41) is 0. The van der Waals surface area contributed by atoms with Crippen LogP contribution in [0.1, 0.15) is 56.7 Å². The van der Waals surface area contributed by atoms with Gasteiger partial charge in [-0.15, -0.1) is 0 Å². The third kappa shape index (κ3) is 6.21. The summed E-state index contributed by atoms with van der Waals surface area (Å²) in [6.07, 6.45) is 7.80. The fraction of sp³-hybridized carbons (Fsp3) is 0.536. The molecular weight excluding hydrogens is 435 g/mol. The van der Waals surface area contributed by atoms with E-state index in [1.807, 2.05) is 35.4 Å². The van der Waals surface area contributed by atoms with E-state index in [9.17, 15) is 13.2 Å². The van der Waals surface area contributed by atoms with Crippen molar-refractivity contribution in [2.45, 2.75) is 57.8 Å². The minimum Gasteiger partial charge on any atom is -0.371 e. The van der Waals surface area contributed by atoms with Gasteiger partial charge in [-0.3, -0.25) is 9.88 Å². The maximum atomic E-state index is 14.8. The standard InChI is InChI=1S/C28H36F3N3/c1-3-28(30,31)20-33-16-12-22(13-17-33)6-9-25-10-7-24(19-32-25)23-8-11-26(27(29)18-23)21(2)34-14-4-5-15-34/h7-8,10-11,18-19,22H,2-6,9,12-17,20H2,1H3. The Labute approximate surface area is 201 Å². The Morgan fingerprint density at radius 1 is 1.06 bits per heavy atom. The number of hydrogen-bond donors (Lipinski definition) is 0. The second-order valence-corrected chi connectivity index (χ2v) is 9.84. The van der Waals surface area contributed by atoms with Crippen LogP contribution in [-0.4, -0.2) is 53.4 Å². The van der Waals surface area contributed by atoms with Gasteiger partial charge >= 0.3 is 0 Å². The summed E-state index contributed by atoms with van der Waals surface area (Å²) in [6.45, 7) is 8.91. The summed E-state index contributed by atoms with van der Waals surface area (Å²) >= 11 is 0. The SMILES string of the molecule is C=C(c1ccc(-c2ccc(CCC3CCN(CC(F)(F)CC)CC3)nc2)cc1F)N1CCCC1. The van der Waals surface area contributed by atoms with Crippen LogP contribution in [-0.2, 0) is 6.42 Å². The van der Waals surface area contributed by atoms with E-state index < -0.39 is 5.92 Å². The van der Waals surface area contributed by atoms with Gasteiger partial charge < -0.3 is 4.90 Å². The molecule has 2 aromatic rings. The highest BCUT2D eigenvalue weighted by Gasteiger charge is 2.31. The number of rotatable bonds is 9. The van der Waals surface area contributed by atoms with Crippen LogP contribution in [0.5, 0.6) is 0 Å². The van der Waals surface area contributed by atoms with Crippen molar-refractivity contribution < 1.29 is 13.2 Å². The van der Waals surface area contributed by atoms with E-state index in [0.29, 0.717) is 11.5 Å². The van der Waals surface area contributed by atoms with Gasteiger partial charge in [-0.2, -0.15) is 0 Å². The lowest BCUT2D eigenvalue weighted by molar-refractivity contribution is -0.0419. The first-order valence-electron chi connectivity index (χ1n) is 12.6. The molecule has 0 spiro atoms. The lowest BCUT2D eigenvalue weighted by atomic mass is 9.91. The smallest absolute Gasteiger partial charge is 0.260 e. The molecule has 4 rings (SSSR count). The molecule has 2 fully saturated rings. The third-order valence-corrected chi connectivity index (χ3v) is 7.41. The van der Waals surface area contributed by atoms with Crippen molar-refractivity contribution in [1.29, 1.82) is 0 Å². The molecule has 0 aliphatic carbocycles. The van der Waals surface area contributed by atoms with Gasteiger partial charge in [0.05, 0.1) is 6.54 Å². The van der Waals surface area contributed by atoms with Gasteiger partial charge in [0.1, 0.15) is 5.82 Å². The lowest BCUT2D eigenvalue weighted by Gasteiger charge is -2.33. The van der Waals surface area contributed by atoms with Crippen LogP contribution < -0.4 is 0 Å². The zero-order valence-electron chi connectivity index (χ0n) is 20.2. The summed E-state index contributed by atoms with van der Waals surface area (Å²) in [7, 11) is 0. The predicted molar refractivity (Wildman–Crippen MR) is 132 cm³/mol. The van der Waals surface area contributed by atoms with Crippen molar-refractivity contribution in [3.63, 3.8) is 0 Å². The fourth-order valence-electron chi connectivity index (χ4n) is 5.05. The lowest BCUT2D eigenvalue weighted by Crippen LogP contribution is -2.41. The highest BCUT2D eigenvalue weighted by Crippen LogP contribution is 2.29. The van der Waals surface area contributed by atoms with Gasteiger partial charge in [-0.25, -0.2) is 13.2 Å². The average Bonchev–Trinajstić information content (AvgIpc) is 3.38. The highest BCUT2D eigenvalue weighted by atomic mass is 19.3. The molecule has 0 N–H and O–H groups in total. The summed E-state index contributed by atoms with van der Waals surface area (Å²) in [6, 6.07) is 9.35. The summed E-state index contributed by atoms with van der Waals surface area (Å²) < 4.78 is 42.1. The quantitative estimate of drug-likeness (QED) is 0.408. The first-order chi connectivity index (χ1) is 16.3. The Balaban J connectivity index is 1.28. The van der Waals surface area contributed by atoms with Gasteiger partial charge in [0.2, 0.25) is 0 Å². The Kier molecular flexibility index (Phi) is 7.97. The Morgan fingerprint density at radius 2 is 1.76 bits per heavy atom. The zero-order valence-corrected chi connectivity index (χ0v) is 20.2. The molecular formula is C28H36F3N3. The molecule has 1 aromatic carbocycles. The van der Waals surface area contributed by atoms with Crippen molar-refractivity contribution in [3.8, 4) is 11.1 Å². The van der Waals surface area contributed by atoms with Crippen molar-refractivity contribution in [1.82, 2.24) is 14.8 Å². The van der Waals surface area contributed by atoms with Crippen molar-refractivity contribution in [2.24, 2.45) is 5.92 Å². The monoisotopic (exact) mass is 471 g/mol. The minimum atomic E-state index is -2.58. The van der Waals surface area contributed by atoms with E-state index in [1.54, 1.807) is 13.0 Å². The maximum absolute atomic E-state index is 14.8. The number of aryl methyl sites for hydroxylation is 1. The van der Waals surface area contributed by atoms with Crippen molar-refractivity contribution in [2.75, 3.05) is 32.7 Å². The first-order valence-corrected chi connectivity index (χ1v) is 12.6. The number of benzene rings is 1. The molecule has 0 amide bonds. The molecule has 184 valence electrons. The number of likely N-dealkylation sites (tertiary alicyclic amines) is 2. The molecule has 2 saturated heterocycles. The molecule has 3 nitrogen and oxygen atoms in total.